The van der Waals surface area contributed by atoms with Crippen LogP contribution in [0.15, 0.2) is 40.9 Å². The predicted molar refractivity (Wildman–Crippen MR) is 121 cm³/mol. The molecule has 3 aromatic rings. The summed E-state index contributed by atoms with van der Waals surface area (Å²) in [5.74, 6) is 1.02. The van der Waals surface area contributed by atoms with Crippen molar-refractivity contribution in [1.82, 2.24) is 9.88 Å². The second-order valence-electron chi connectivity index (χ2n) is 10.6. The van der Waals surface area contributed by atoms with Gasteiger partial charge in [-0.1, -0.05) is 48.0 Å². The highest BCUT2D eigenvalue weighted by atomic mass is 79.9. The van der Waals surface area contributed by atoms with Gasteiger partial charge in [-0.25, -0.2) is 4.39 Å². The zero-order chi connectivity index (χ0) is 20.6. The minimum absolute atomic E-state index is 0.0130. The number of nitrogens with one attached hydrogen (secondary N) is 1. The van der Waals surface area contributed by atoms with Crippen molar-refractivity contribution >= 4 is 26.8 Å². The average molecular weight is 465 g/mol. The molecule has 0 amide bonds. The first-order chi connectivity index (χ1) is 14.4. The van der Waals surface area contributed by atoms with Gasteiger partial charge in [0.1, 0.15) is 5.82 Å². The normalized spacial score (nSPS) is 35.9. The van der Waals surface area contributed by atoms with Gasteiger partial charge in [-0.05, 0) is 66.8 Å². The fourth-order valence-electron chi connectivity index (χ4n) is 8.01. The first-order valence-corrected chi connectivity index (χ1v) is 12.0. The first kappa shape index (κ1) is 18.0. The summed E-state index contributed by atoms with van der Waals surface area (Å²) >= 11 is 3.60. The Hall–Kier alpha value is -1.65. The summed E-state index contributed by atoms with van der Waals surface area (Å²) in [5.41, 5.74) is 6.50. The molecule has 1 spiro atoms. The zero-order valence-corrected chi connectivity index (χ0v) is 19.2. The lowest BCUT2D eigenvalue weighted by Crippen LogP contribution is -2.84. The maximum absolute atomic E-state index is 15.7. The largest absolute Gasteiger partial charge is 0.357 e. The van der Waals surface area contributed by atoms with Gasteiger partial charge in [0, 0.05) is 44.1 Å². The van der Waals surface area contributed by atoms with Crippen LogP contribution in [0.2, 0.25) is 0 Å². The van der Waals surface area contributed by atoms with Gasteiger partial charge in [-0.2, -0.15) is 0 Å². The van der Waals surface area contributed by atoms with Crippen LogP contribution in [0.4, 0.5) is 4.39 Å². The molecule has 5 aliphatic rings. The van der Waals surface area contributed by atoms with E-state index in [1.54, 1.807) is 6.07 Å². The van der Waals surface area contributed by atoms with Crippen LogP contribution in [0.3, 0.4) is 0 Å². The van der Waals surface area contributed by atoms with Gasteiger partial charge in [0.05, 0.1) is 6.04 Å². The van der Waals surface area contributed by atoms with Crippen LogP contribution >= 0.6 is 15.9 Å². The Balaban J connectivity index is 1.54. The van der Waals surface area contributed by atoms with Crippen LogP contribution in [0.25, 0.3) is 10.9 Å². The summed E-state index contributed by atoms with van der Waals surface area (Å²) < 4.78 is 16.6. The Kier molecular flexibility index (Phi) is 3.23. The summed E-state index contributed by atoms with van der Waals surface area (Å²) in [4.78, 5) is 6.45. The molecule has 3 heterocycles. The van der Waals surface area contributed by atoms with Gasteiger partial charge in [0.25, 0.3) is 0 Å². The Labute approximate surface area is 185 Å². The van der Waals surface area contributed by atoms with E-state index in [-0.39, 0.29) is 17.4 Å². The fraction of sp³-hybridized carbons (Fsp3) is 0.462. The lowest BCUT2D eigenvalue weighted by molar-refractivity contribution is -0.292. The van der Waals surface area contributed by atoms with Crippen LogP contribution in [0.5, 0.6) is 0 Å². The monoisotopic (exact) mass is 464 g/mol. The van der Waals surface area contributed by atoms with Gasteiger partial charge in [0.15, 0.2) is 0 Å². The van der Waals surface area contributed by atoms with Gasteiger partial charge >= 0.3 is 0 Å². The van der Waals surface area contributed by atoms with Crippen molar-refractivity contribution in [3.05, 3.63) is 69.1 Å². The summed E-state index contributed by atoms with van der Waals surface area (Å²) in [5, 5.41) is 1.30. The van der Waals surface area contributed by atoms with Gasteiger partial charge in [0.2, 0.25) is 0 Å². The van der Waals surface area contributed by atoms with E-state index in [4.69, 9.17) is 0 Å². The predicted octanol–water partition coefficient (Wildman–Crippen LogP) is 6.69. The molecule has 1 N–H and O–H groups in total. The SMILES string of the molecule is CC1Cc2c([nH]c3ccccc23)C2c3c(F)cc(Br)cc3C3C4(C(C)C)CC3(C4)N12. The molecule has 8 rings (SSSR count). The van der Waals surface area contributed by atoms with E-state index in [0.29, 0.717) is 23.3 Å². The zero-order valence-electron chi connectivity index (χ0n) is 17.6. The van der Waals surface area contributed by atoms with Crippen molar-refractivity contribution in [2.45, 2.75) is 63.6 Å². The lowest BCUT2D eigenvalue weighted by atomic mass is 9.27. The number of aromatic amines is 1. The number of hydrogen-bond acceptors (Lipinski definition) is 1. The van der Waals surface area contributed by atoms with Crippen molar-refractivity contribution in [2.75, 3.05) is 0 Å². The molecule has 2 nitrogen and oxygen atoms in total. The van der Waals surface area contributed by atoms with Crippen molar-refractivity contribution in [2.24, 2.45) is 11.3 Å². The van der Waals surface area contributed by atoms with Crippen molar-refractivity contribution < 1.29 is 4.39 Å². The fourth-order valence-corrected chi connectivity index (χ4v) is 8.46. The maximum Gasteiger partial charge on any atom is 0.129 e. The van der Waals surface area contributed by atoms with Gasteiger partial charge in [-0.15, -0.1) is 0 Å². The number of fused-ring (bicyclic) bond motifs is 7. The van der Waals surface area contributed by atoms with E-state index in [1.165, 1.54) is 40.6 Å². The second kappa shape index (κ2) is 5.39. The van der Waals surface area contributed by atoms with Crippen molar-refractivity contribution in [1.29, 1.82) is 0 Å². The highest BCUT2D eigenvalue weighted by Crippen LogP contribution is 2.83. The van der Waals surface area contributed by atoms with Gasteiger partial charge in [-0.3, -0.25) is 4.90 Å². The first-order valence-electron chi connectivity index (χ1n) is 11.2. The summed E-state index contributed by atoms with van der Waals surface area (Å²) in [6, 6.07) is 12.9. The minimum Gasteiger partial charge on any atom is -0.357 e. The Morgan fingerprint density at radius 3 is 2.73 bits per heavy atom. The van der Waals surface area contributed by atoms with E-state index in [9.17, 15) is 0 Å². The number of benzene rings is 2. The van der Waals surface area contributed by atoms with Crippen LogP contribution in [-0.2, 0) is 6.42 Å². The van der Waals surface area contributed by atoms with Crippen molar-refractivity contribution in [3.8, 4) is 0 Å². The molecule has 0 saturated heterocycles. The maximum atomic E-state index is 15.7. The number of nitrogens with zero attached hydrogens (tertiary/aromatic N) is 1. The molecule has 2 aromatic carbocycles. The number of aromatic nitrogens is 1. The van der Waals surface area contributed by atoms with Crippen molar-refractivity contribution in [3.63, 3.8) is 0 Å². The number of H-pyrrole nitrogens is 1. The molecule has 2 aliphatic heterocycles. The third-order valence-corrected chi connectivity index (χ3v) is 9.59. The molecule has 4 heteroatoms. The van der Waals surface area contributed by atoms with E-state index in [0.717, 1.165) is 16.5 Å². The summed E-state index contributed by atoms with van der Waals surface area (Å²) in [6.07, 6.45) is 3.55. The molecule has 2 bridgehead atoms. The topological polar surface area (TPSA) is 19.0 Å². The quantitative estimate of drug-likeness (QED) is 0.424. The van der Waals surface area contributed by atoms with Crippen LogP contribution in [0, 0.1) is 17.2 Å². The highest BCUT2D eigenvalue weighted by molar-refractivity contribution is 9.10. The number of hydrogen-bond donors (Lipinski definition) is 1. The molecule has 3 unspecified atom stereocenters. The Morgan fingerprint density at radius 2 is 1.97 bits per heavy atom. The summed E-state index contributed by atoms with van der Waals surface area (Å²) in [7, 11) is 0. The molecule has 0 radical (unpaired) electrons. The number of rotatable bonds is 1. The molecule has 3 aliphatic carbocycles. The highest BCUT2D eigenvalue weighted by Gasteiger charge is 2.81. The van der Waals surface area contributed by atoms with E-state index in [1.807, 2.05) is 0 Å². The van der Waals surface area contributed by atoms with Gasteiger partial charge < -0.3 is 4.98 Å². The molecule has 1 aromatic heterocycles. The second-order valence-corrected chi connectivity index (χ2v) is 11.5. The average Bonchev–Trinajstić information content (AvgIpc) is 2.98. The van der Waals surface area contributed by atoms with Crippen LogP contribution in [-0.4, -0.2) is 21.5 Å². The Bertz CT molecular complexity index is 1240. The standard InChI is InChI=1S/C26H26BrFN2/c1-13(2)25-11-26(12-25)24(25)18-9-15(27)10-19(28)21(18)23-22-17(8-14(3)30(23)26)16-6-4-5-7-20(16)29-22/h4-7,9-10,13-14,23-24,29H,8,11-12H2,1-3H3. The smallest absolute Gasteiger partial charge is 0.129 e. The minimum atomic E-state index is -0.0619. The molecule has 154 valence electrons. The molecule has 3 fully saturated rings. The summed E-state index contributed by atoms with van der Waals surface area (Å²) in [6.45, 7) is 7.08. The third kappa shape index (κ3) is 1.79. The molecular weight excluding hydrogens is 439 g/mol. The molecule has 30 heavy (non-hydrogen) atoms. The number of para-hydroxylation sites is 1. The molecule has 3 atom stereocenters. The number of halogens is 2. The lowest BCUT2D eigenvalue weighted by Gasteiger charge is -2.84. The molecule has 3 saturated carbocycles. The third-order valence-electron chi connectivity index (χ3n) is 9.13. The van der Waals surface area contributed by atoms with E-state index < -0.39 is 0 Å². The van der Waals surface area contributed by atoms with E-state index in [2.05, 4.69) is 76.9 Å². The molecular formula is C26H26BrFN2. The van der Waals surface area contributed by atoms with Crippen LogP contribution < -0.4 is 0 Å². The Morgan fingerprint density at radius 1 is 1.20 bits per heavy atom. The van der Waals surface area contributed by atoms with Crippen LogP contribution in [0.1, 0.15) is 68.0 Å². The van der Waals surface area contributed by atoms with E-state index >= 15 is 4.39 Å².